The summed E-state index contributed by atoms with van der Waals surface area (Å²) in [7, 11) is 1.56. The van der Waals surface area contributed by atoms with Crippen LogP contribution in [0.2, 0.25) is 0 Å². The predicted octanol–water partition coefficient (Wildman–Crippen LogP) is 4.66. The Labute approximate surface area is 208 Å². The van der Waals surface area contributed by atoms with Crippen molar-refractivity contribution in [2.75, 3.05) is 38.7 Å². The van der Waals surface area contributed by atoms with Crippen molar-refractivity contribution in [3.05, 3.63) is 46.4 Å². The summed E-state index contributed by atoms with van der Waals surface area (Å²) in [6, 6.07) is 10.9. The summed E-state index contributed by atoms with van der Waals surface area (Å²) in [6.07, 6.45) is 0.210. The lowest BCUT2D eigenvalue weighted by Crippen LogP contribution is -2.47. The standard InChI is InChI=1S/C24H29BrN2O5S/c1-5-30-19-8-6-18(7-9-19)26-22(28)14-31-23-20(25)10-17(11-21(23)29-4)24(33)27-12-15(2)32-16(3)13-27/h6-11,15-16H,5,12-14H2,1-4H3,(H,26,28)/t15-,16-/m0/s1. The lowest BCUT2D eigenvalue weighted by molar-refractivity contribution is -0.118. The summed E-state index contributed by atoms with van der Waals surface area (Å²) in [5, 5.41) is 2.80. The lowest BCUT2D eigenvalue weighted by atomic mass is 10.1. The van der Waals surface area contributed by atoms with E-state index in [2.05, 4.69) is 26.1 Å². The number of carbonyl (C=O) groups is 1. The van der Waals surface area contributed by atoms with Crippen LogP contribution in [-0.4, -0.2) is 61.4 Å². The molecule has 1 fully saturated rings. The van der Waals surface area contributed by atoms with Crippen molar-refractivity contribution in [1.29, 1.82) is 0 Å². The molecule has 0 aromatic heterocycles. The second-order valence-corrected chi connectivity index (χ2v) is 8.99. The first kappa shape index (κ1) is 25.3. The molecular weight excluding hydrogens is 508 g/mol. The molecule has 1 N–H and O–H groups in total. The number of benzene rings is 2. The summed E-state index contributed by atoms with van der Waals surface area (Å²) >= 11 is 9.28. The molecule has 0 saturated carbocycles. The Bertz CT molecular complexity index is 976. The number of hydrogen-bond acceptors (Lipinski definition) is 6. The molecule has 178 valence electrons. The number of methoxy groups -OCH3 is 1. The molecule has 0 aliphatic carbocycles. The first-order chi connectivity index (χ1) is 15.8. The average molecular weight is 537 g/mol. The van der Waals surface area contributed by atoms with Crippen molar-refractivity contribution in [1.82, 2.24) is 4.90 Å². The number of amides is 1. The van der Waals surface area contributed by atoms with Crippen LogP contribution < -0.4 is 19.5 Å². The number of carbonyl (C=O) groups excluding carboxylic acids is 1. The summed E-state index contributed by atoms with van der Waals surface area (Å²) in [5.74, 6) is 1.39. The third kappa shape index (κ3) is 6.82. The Morgan fingerprint density at radius 1 is 1.18 bits per heavy atom. The number of halogens is 1. The van der Waals surface area contributed by atoms with Crippen LogP contribution in [0, 0.1) is 0 Å². The Morgan fingerprint density at radius 3 is 2.45 bits per heavy atom. The third-order valence-electron chi connectivity index (χ3n) is 4.98. The van der Waals surface area contributed by atoms with Gasteiger partial charge in [-0.15, -0.1) is 0 Å². The zero-order valence-corrected chi connectivity index (χ0v) is 21.6. The van der Waals surface area contributed by atoms with Gasteiger partial charge in [0.25, 0.3) is 5.91 Å². The molecule has 2 aromatic rings. The smallest absolute Gasteiger partial charge is 0.262 e. The number of anilines is 1. The van der Waals surface area contributed by atoms with E-state index in [1.54, 1.807) is 31.4 Å². The molecule has 1 amide bonds. The molecule has 0 spiro atoms. The number of morpholine rings is 1. The maximum atomic E-state index is 12.4. The van der Waals surface area contributed by atoms with Gasteiger partial charge in [-0.05, 0) is 73.1 Å². The first-order valence-electron chi connectivity index (χ1n) is 10.8. The first-order valence-corrected chi connectivity index (χ1v) is 12.0. The molecule has 1 saturated heterocycles. The van der Waals surface area contributed by atoms with E-state index >= 15 is 0 Å². The molecule has 1 heterocycles. The second kappa shape index (κ2) is 11.7. The van der Waals surface area contributed by atoms with Crippen LogP contribution in [0.3, 0.4) is 0 Å². The maximum absolute atomic E-state index is 12.4. The molecule has 2 atom stereocenters. The zero-order chi connectivity index (χ0) is 24.0. The molecule has 1 aliphatic heterocycles. The molecular formula is C24H29BrN2O5S. The van der Waals surface area contributed by atoms with E-state index in [1.807, 2.05) is 32.9 Å². The van der Waals surface area contributed by atoms with E-state index < -0.39 is 0 Å². The van der Waals surface area contributed by atoms with Crippen LogP contribution in [0.4, 0.5) is 5.69 Å². The van der Waals surface area contributed by atoms with E-state index in [-0.39, 0.29) is 24.7 Å². The SMILES string of the molecule is CCOc1ccc(NC(=O)COc2c(Br)cc(C(=S)N3C[C@H](C)O[C@@H](C)C3)cc2OC)cc1. The minimum Gasteiger partial charge on any atom is -0.494 e. The normalized spacial score (nSPS) is 17.9. The largest absolute Gasteiger partial charge is 0.494 e. The number of nitrogens with one attached hydrogen (secondary N) is 1. The fraction of sp³-hybridized carbons (Fsp3) is 0.417. The van der Waals surface area contributed by atoms with Crippen molar-refractivity contribution in [2.24, 2.45) is 0 Å². The number of ether oxygens (including phenoxy) is 4. The molecule has 9 heteroatoms. The fourth-order valence-electron chi connectivity index (χ4n) is 3.65. The lowest BCUT2D eigenvalue weighted by Gasteiger charge is -2.37. The number of hydrogen-bond donors (Lipinski definition) is 1. The second-order valence-electron chi connectivity index (χ2n) is 7.75. The van der Waals surface area contributed by atoms with Gasteiger partial charge < -0.3 is 29.2 Å². The molecule has 2 aromatic carbocycles. The van der Waals surface area contributed by atoms with E-state index in [4.69, 9.17) is 31.2 Å². The van der Waals surface area contributed by atoms with E-state index in [0.29, 0.717) is 28.3 Å². The van der Waals surface area contributed by atoms with E-state index in [1.165, 1.54) is 0 Å². The zero-order valence-electron chi connectivity index (χ0n) is 19.2. The molecule has 0 unspecified atom stereocenters. The summed E-state index contributed by atoms with van der Waals surface area (Å²) in [5.41, 5.74) is 1.49. The van der Waals surface area contributed by atoms with Crippen LogP contribution in [0.5, 0.6) is 17.2 Å². The van der Waals surface area contributed by atoms with Gasteiger partial charge in [0.05, 0.1) is 30.4 Å². The Balaban J connectivity index is 1.65. The van der Waals surface area contributed by atoms with Gasteiger partial charge in [-0.2, -0.15) is 0 Å². The van der Waals surface area contributed by atoms with Gasteiger partial charge >= 0.3 is 0 Å². The maximum Gasteiger partial charge on any atom is 0.262 e. The van der Waals surface area contributed by atoms with Crippen molar-refractivity contribution in [3.8, 4) is 17.2 Å². The monoisotopic (exact) mass is 536 g/mol. The quantitative estimate of drug-likeness (QED) is 0.492. The summed E-state index contributed by atoms with van der Waals surface area (Å²) in [4.78, 5) is 15.2. The van der Waals surface area contributed by atoms with Crippen LogP contribution in [-0.2, 0) is 9.53 Å². The summed E-state index contributed by atoms with van der Waals surface area (Å²) in [6.45, 7) is 7.87. The molecule has 1 aliphatic rings. The van der Waals surface area contributed by atoms with Crippen molar-refractivity contribution in [2.45, 2.75) is 33.0 Å². The number of nitrogens with zero attached hydrogens (tertiary/aromatic N) is 1. The minimum absolute atomic E-state index is 0.105. The van der Waals surface area contributed by atoms with Crippen molar-refractivity contribution < 1.29 is 23.7 Å². The predicted molar refractivity (Wildman–Crippen MR) is 136 cm³/mol. The van der Waals surface area contributed by atoms with Gasteiger partial charge in [0, 0.05) is 24.3 Å². The van der Waals surface area contributed by atoms with Gasteiger partial charge in [-0.3, -0.25) is 4.79 Å². The molecule has 0 radical (unpaired) electrons. The van der Waals surface area contributed by atoms with Gasteiger partial charge in [-0.1, -0.05) is 12.2 Å². The number of thiocarbonyl (C=S) groups is 1. The Morgan fingerprint density at radius 2 is 1.85 bits per heavy atom. The third-order valence-corrected chi connectivity index (χ3v) is 6.06. The molecule has 33 heavy (non-hydrogen) atoms. The topological polar surface area (TPSA) is 69.3 Å². The Kier molecular flexibility index (Phi) is 8.94. The van der Waals surface area contributed by atoms with Crippen molar-refractivity contribution in [3.63, 3.8) is 0 Å². The van der Waals surface area contributed by atoms with Crippen LogP contribution >= 0.6 is 28.1 Å². The van der Waals surface area contributed by atoms with Gasteiger partial charge in [-0.25, -0.2) is 0 Å². The van der Waals surface area contributed by atoms with Gasteiger partial charge in [0.15, 0.2) is 18.1 Å². The molecule has 7 nitrogen and oxygen atoms in total. The fourth-order valence-corrected chi connectivity index (χ4v) is 4.47. The van der Waals surface area contributed by atoms with Crippen LogP contribution in [0.1, 0.15) is 26.3 Å². The number of rotatable bonds is 8. The van der Waals surface area contributed by atoms with E-state index in [0.717, 1.165) is 29.4 Å². The highest BCUT2D eigenvalue weighted by Gasteiger charge is 2.25. The van der Waals surface area contributed by atoms with Crippen LogP contribution in [0.25, 0.3) is 0 Å². The van der Waals surface area contributed by atoms with Crippen molar-refractivity contribution >= 4 is 44.7 Å². The van der Waals surface area contributed by atoms with Crippen LogP contribution in [0.15, 0.2) is 40.9 Å². The van der Waals surface area contributed by atoms with Gasteiger partial charge in [0.1, 0.15) is 10.7 Å². The highest BCUT2D eigenvalue weighted by atomic mass is 79.9. The summed E-state index contributed by atoms with van der Waals surface area (Å²) < 4.78 is 23.2. The molecule has 0 bridgehead atoms. The molecule has 3 rings (SSSR count). The highest BCUT2D eigenvalue weighted by Crippen LogP contribution is 2.37. The van der Waals surface area contributed by atoms with Gasteiger partial charge in [0.2, 0.25) is 0 Å². The average Bonchev–Trinajstić information content (AvgIpc) is 2.78. The minimum atomic E-state index is -0.288. The highest BCUT2D eigenvalue weighted by molar-refractivity contribution is 9.10. The Hall–Kier alpha value is -2.36. The van der Waals surface area contributed by atoms with E-state index in [9.17, 15) is 4.79 Å².